The zero-order valence-corrected chi connectivity index (χ0v) is 12.7. The van der Waals surface area contributed by atoms with Crippen molar-refractivity contribution in [1.82, 2.24) is 9.97 Å². The summed E-state index contributed by atoms with van der Waals surface area (Å²) in [4.78, 5) is 8.69. The highest BCUT2D eigenvalue weighted by Crippen LogP contribution is 2.27. The quantitative estimate of drug-likeness (QED) is 0.911. The minimum absolute atomic E-state index is 0.517. The molecule has 1 aromatic carbocycles. The molecule has 0 atom stereocenters. The van der Waals surface area contributed by atoms with E-state index in [0.29, 0.717) is 17.6 Å². The lowest BCUT2D eigenvalue weighted by molar-refractivity contribution is 0.456. The molecule has 0 aliphatic rings. The van der Waals surface area contributed by atoms with Crippen LogP contribution in [-0.2, 0) is 0 Å². The van der Waals surface area contributed by atoms with Crippen molar-refractivity contribution in [3.05, 3.63) is 41.2 Å². The molecule has 0 saturated heterocycles. The topological polar surface area (TPSA) is 47.0 Å². The maximum Gasteiger partial charge on any atom is 0.227 e. The van der Waals surface area contributed by atoms with Crippen molar-refractivity contribution in [2.75, 3.05) is 12.4 Å². The van der Waals surface area contributed by atoms with Crippen molar-refractivity contribution in [3.8, 4) is 11.6 Å². The number of hydrogen-bond acceptors (Lipinski definition) is 4. The molecule has 0 amide bonds. The molecule has 4 heteroatoms. The van der Waals surface area contributed by atoms with E-state index in [4.69, 9.17) is 4.74 Å². The first kappa shape index (κ1) is 14.3. The second kappa shape index (κ2) is 5.90. The molecule has 1 heterocycles. The Morgan fingerprint density at radius 3 is 2.25 bits per heavy atom. The van der Waals surface area contributed by atoms with Crippen LogP contribution in [0.15, 0.2) is 24.3 Å². The van der Waals surface area contributed by atoms with Crippen molar-refractivity contribution in [2.24, 2.45) is 0 Å². The van der Waals surface area contributed by atoms with Gasteiger partial charge in [-0.25, -0.2) is 4.98 Å². The average molecular weight is 271 g/mol. The molecule has 106 valence electrons. The lowest BCUT2D eigenvalue weighted by atomic mass is 10.0. The van der Waals surface area contributed by atoms with Crippen LogP contribution >= 0.6 is 0 Å². The minimum Gasteiger partial charge on any atom is -0.439 e. The monoisotopic (exact) mass is 271 g/mol. The van der Waals surface area contributed by atoms with E-state index in [0.717, 1.165) is 17.1 Å². The van der Waals surface area contributed by atoms with Gasteiger partial charge in [-0.2, -0.15) is 4.98 Å². The van der Waals surface area contributed by atoms with Gasteiger partial charge in [-0.1, -0.05) is 26.0 Å². The van der Waals surface area contributed by atoms with Crippen LogP contribution in [0.1, 0.15) is 36.7 Å². The fourth-order valence-electron chi connectivity index (χ4n) is 1.98. The smallest absolute Gasteiger partial charge is 0.227 e. The van der Waals surface area contributed by atoms with E-state index in [-0.39, 0.29) is 0 Å². The predicted molar refractivity (Wildman–Crippen MR) is 81.7 cm³/mol. The highest BCUT2D eigenvalue weighted by molar-refractivity contribution is 5.49. The van der Waals surface area contributed by atoms with Gasteiger partial charge in [0.25, 0.3) is 0 Å². The Morgan fingerprint density at radius 2 is 1.70 bits per heavy atom. The van der Waals surface area contributed by atoms with Gasteiger partial charge in [0, 0.05) is 7.05 Å². The van der Waals surface area contributed by atoms with E-state index in [2.05, 4.69) is 41.3 Å². The zero-order chi connectivity index (χ0) is 14.7. The Morgan fingerprint density at radius 1 is 1.05 bits per heavy atom. The van der Waals surface area contributed by atoms with Crippen LogP contribution in [0, 0.1) is 13.8 Å². The first-order chi connectivity index (χ1) is 9.51. The van der Waals surface area contributed by atoms with Gasteiger partial charge in [0.2, 0.25) is 5.88 Å². The van der Waals surface area contributed by atoms with Gasteiger partial charge in [-0.15, -0.1) is 0 Å². The number of anilines is 1. The summed E-state index contributed by atoms with van der Waals surface area (Å²) in [7, 11) is 1.84. The average Bonchev–Trinajstić information content (AvgIpc) is 2.43. The normalized spacial score (nSPS) is 10.7. The molecule has 2 rings (SSSR count). The summed E-state index contributed by atoms with van der Waals surface area (Å²) < 4.78 is 5.88. The van der Waals surface area contributed by atoms with E-state index < -0.39 is 0 Å². The minimum atomic E-state index is 0.517. The maximum absolute atomic E-state index is 5.88. The molecule has 0 saturated carbocycles. The number of rotatable bonds is 4. The van der Waals surface area contributed by atoms with Gasteiger partial charge < -0.3 is 10.1 Å². The fourth-order valence-corrected chi connectivity index (χ4v) is 1.98. The number of aryl methyl sites for hydroxylation is 1. The van der Waals surface area contributed by atoms with Crippen molar-refractivity contribution >= 4 is 5.82 Å². The second-order valence-electron chi connectivity index (χ2n) is 5.13. The standard InChI is InChI=1S/C16H21N3O/c1-10(2)13-6-8-14(9-7-13)20-16-11(3)15(17-5)18-12(4)19-16/h6-10H,1-5H3,(H,17,18,19). The number of nitrogens with one attached hydrogen (secondary N) is 1. The van der Waals surface area contributed by atoms with Gasteiger partial charge in [-0.3, -0.25) is 0 Å². The third-order valence-electron chi connectivity index (χ3n) is 3.21. The molecule has 0 radical (unpaired) electrons. The number of aromatic nitrogens is 2. The fraction of sp³-hybridized carbons (Fsp3) is 0.375. The Kier molecular flexibility index (Phi) is 4.23. The van der Waals surface area contributed by atoms with E-state index in [1.165, 1.54) is 5.56 Å². The molecule has 0 spiro atoms. The number of ether oxygens (including phenoxy) is 1. The molecule has 0 bridgehead atoms. The van der Waals surface area contributed by atoms with E-state index in [9.17, 15) is 0 Å². The number of benzene rings is 1. The van der Waals surface area contributed by atoms with Gasteiger partial charge in [0.05, 0.1) is 5.56 Å². The van der Waals surface area contributed by atoms with Gasteiger partial charge in [-0.05, 0) is 37.5 Å². The Labute approximate surface area is 120 Å². The van der Waals surface area contributed by atoms with E-state index in [1.807, 2.05) is 33.0 Å². The summed E-state index contributed by atoms with van der Waals surface area (Å²) in [5, 5.41) is 3.06. The third kappa shape index (κ3) is 3.07. The lowest BCUT2D eigenvalue weighted by Crippen LogP contribution is -2.03. The molecule has 1 N–H and O–H groups in total. The largest absolute Gasteiger partial charge is 0.439 e. The lowest BCUT2D eigenvalue weighted by Gasteiger charge is -2.12. The van der Waals surface area contributed by atoms with Crippen LogP contribution in [0.5, 0.6) is 11.6 Å². The highest BCUT2D eigenvalue weighted by Gasteiger charge is 2.10. The van der Waals surface area contributed by atoms with Crippen molar-refractivity contribution in [2.45, 2.75) is 33.6 Å². The van der Waals surface area contributed by atoms with Crippen molar-refractivity contribution < 1.29 is 4.74 Å². The molecular formula is C16H21N3O. The molecule has 0 aliphatic carbocycles. The third-order valence-corrected chi connectivity index (χ3v) is 3.21. The van der Waals surface area contributed by atoms with Gasteiger partial charge in [0.1, 0.15) is 17.4 Å². The van der Waals surface area contributed by atoms with Crippen LogP contribution in [0.4, 0.5) is 5.82 Å². The van der Waals surface area contributed by atoms with Crippen LogP contribution in [0.3, 0.4) is 0 Å². The molecule has 1 aromatic heterocycles. The number of hydrogen-bond donors (Lipinski definition) is 1. The van der Waals surface area contributed by atoms with Crippen LogP contribution in [-0.4, -0.2) is 17.0 Å². The first-order valence-electron chi connectivity index (χ1n) is 6.82. The Hall–Kier alpha value is -2.10. The molecule has 0 aliphatic heterocycles. The molecule has 20 heavy (non-hydrogen) atoms. The highest BCUT2D eigenvalue weighted by atomic mass is 16.5. The molecule has 0 unspecified atom stereocenters. The summed E-state index contributed by atoms with van der Waals surface area (Å²) in [5.74, 6) is 3.39. The van der Waals surface area contributed by atoms with Crippen LogP contribution in [0.25, 0.3) is 0 Å². The van der Waals surface area contributed by atoms with E-state index >= 15 is 0 Å². The second-order valence-corrected chi connectivity index (χ2v) is 5.13. The first-order valence-corrected chi connectivity index (χ1v) is 6.82. The van der Waals surface area contributed by atoms with E-state index in [1.54, 1.807) is 0 Å². The summed E-state index contributed by atoms with van der Waals surface area (Å²) in [5.41, 5.74) is 2.20. The van der Waals surface area contributed by atoms with Gasteiger partial charge in [0.15, 0.2) is 0 Å². The van der Waals surface area contributed by atoms with Crippen LogP contribution in [0.2, 0.25) is 0 Å². The molecule has 0 fully saturated rings. The predicted octanol–water partition coefficient (Wildman–Crippen LogP) is 4.05. The van der Waals surface area contributed by atoms with Crippen LogP contribution < -0.4 is 10.1 Å². The van der Waals surface area contributed by atoms with Gasteiger partial charge >= 0.3 is 0 Å². The number of nitrogens with zero attached hydrogens (tertiary/aromatic N) is 2. The maximum atomic E-state index is 5.88. The zero-order valence-electron chi connectivity index (χ0n) is 12.7. The van der Waals surface area contributed by atoms with Crippen molar-refractivity contribution in [3.63, 3.8) is 0 Å². The SMILES string of the molecule is CNc1nc(C)nc(Oc2ccc(C(C)C)cc2)c1C. The Balaban J connectivity index is 2.27. The molecule has 2 aromatic rings. The summed E-state index contributed by atoms with van der Waals surface area (Å²) >= 11 is 0. The summed E-state index contributed by atoms with van der Waals surface area (Å²) in [6.07, 6.45) is 0. The summed E-state index contributed by atoms with van der Waals surface area (Å²) in [6, 6.07) is 8.13. The van der Waals surface area contributed by atoms with Crippen molar-refractivity contribution in [1.29, 1.82) is 0 Å². The summed E-state index contributed by atoms with van der Waals surface area (Å²) in [6.45, 7) is 8.15. The molecular weight excluding hydrogens is 250 g/mol. The molecule has 4 nitrogen and oxygen atoms in total. The Bertz CT molecular complexity index is 591.